The van der Waals surface area contributed by atoms with Gasteiger partial charge in [0.1, 0.15) is 5.78 Å². The van der Waals surface area contributed by atoms with Gasteiger partial charge in [-0.15, -0.1) is 0 Å². The quantitative estimate of drug-likeness (QED) is 0.451. The molecule has 2 aliphatic heterocycles. The second kappa shape index (κ2) is 8.06. The zero-order valence-electron chi connectivity index (χ0n) is 16.0. The third-order valence-corrected chi connectivity index (χ3v) is 6.76. The Balaban J connectivity index is 1.63. The fourth-order valence-corrected chi connectivity index (χ4v) is 5.19. The molecule has 2 unspecified atom stereocenters. The van der Waals surface area contributed by atoms with Gasteiger partial charge in [0.05, 0.1) is 12.1 Å². The van der Waals surface area contributed by atoms with E-state index in [0.29, 0.717) is 16.8 Å². The van der Waals surface area contributed by atoms with Crippen LogP contribution in [0.4, 0.5) is 0 Å². The van der Waals surface area contributed by atoms with Crippen molar-refractivity contribution < 1.29 is 10.0 Å². The van der Waals surface area contributed by atoms with E-state index in [2.05, 4.69) is 29.2 Å². The molecule has 2 heterocycles. The summed E-state index contributed by atoms with van der Waals surface area (Å²) >= 11 is 6.08. The lowest BCUT2D eigenvalue weighted by molar-refractivity contribution is -0.125. The zero-order valence-corrected chi connectivity index (χ0v) is 16.7. The summed E-state index contributed by atoms with van der Waals surface area (Å²) in [6.45, 7) is 0. The van der Waals surface area contributed by atoms with E-state index in [1.165, 1.54) is 5.56 Å². The molecular formula is C23H25ClN2O2. The summed E-state index contributed by atoms with van der Waals surface area (Å²) in [7, 11) is 2.14. The predicted molar refractivity (Wildman–Crippen MR) is 111 cm³/mol. The molecule has 2 fully saturated rings. The Labute approximate surface area is 170 Å². The van der Waals surface area contributed by atoms with Gasteiger partial charge in [0, 0.05) is 23.0 Å². The number of hydrogen-bond donors (Lipinski definition) is 1. The van der Waals surface area contributed by atoms with Crippen LogP contribution >= 0.6 is 11.6 Å². The summed E-state index contributed by atoms with van der Waals surface area (Å²) in [6.07, 6.45) is 3.29. The highest BCUT2D eigenvalue weighted by atomic mass is 35.5. The van der Waals surface area contributed by atoms with Crippen molar-refractivity contribution in [1.29, 1.82) is 0 Å². The first-order valence-electron chi connectivity index (χ1n) is 9.85. The second-order valence-corrected chi connectivity index (χ2v) is 8.38. The summed E-state index contributed by atoms with van der Waals surface area (Å²) in [6, 6.07) is 18.1. The highest BCUT2D eigenvalue weighted by Gasteiger charge is 2.48. The smallest absolute Gasteiger partial charge is 0.144 e. The predicted octanol–water partition coefficient (Wildman–Crippen LogP) is 4.74. The van der Waals surface area contributed by atoms with Crippen LogP contribution in [-0.4, -0.2) is 40.7 Å². The number of fused-ring (bicyclic) bond motifs is 2. The number of halogens is 1. The monoisotopic (exact) mass is 396 g/mol. The van der Waals surface area contributed by atoms with E-state index in [0.717, 1.165) is 24.8 Å². The Morgan fingerprint density at radius 3 is 2.54 bits per heavy atom. The summed E-state index contributed by atoms with van der Waals surface area (Å²) < 4.78 is 0. The molecule has 0 aromatic heterocycles. The van der Waals surface area contributed by atoms with E-state index < -0.39 is 0 Å². The summed E-state index contributed by atoms with van der Waals surface area (Å²) in [5, 5.41) is 13.7. The average molecular weight is 397 g/mol. The van der Waals surface area contributed by atoms with Crippen LogP contribution < -0.4 is 0 Å². The second-order valence-electron chi connectivity index (χ2n) is 7.94. The van der Waals surface area contributed by atoms with Crippen LogP contribution in [0.25, 0.3) is 0 Å². The maximum Gasteiger partial charge on any atom is 0.144 e. The Kier molecular flexibility index (Phi) is 5.51. The molecule has 0 aliphatic carbocycles. The van der Waals surface area contributed by atoms with E-state index in [9.17, 15) is 10.0 Å². The molecule has 5 heteroatoms. The molecule has 0 saturated carbocycles. The van der Waals surface area contributed by atoms with Gasteiger partial charge in [0.2, 0.25) is 0 Å². The van der Waals surface area contributed by atoms with Gasteiger partial charge in [0.15, 0.2) is 0 Å². The van der Waals surface area contributed by atoms with Crippen LogP contribution in [-0.2, 0) is 4.79 Å². The van der Waals surface area contributed by atoms with Gasteiger partial charge in [-0.3, -0.25) is 9.69 Å². The summed E-state index contributed by atoms with van der Waals surface area (Å²) in [4.78, 5) is 15.9. The van der Waals surface area contributed by atoms with Gasteiger partial charge in [-0.05, 0) is 55.5 Å². The molecule has 4 atom stereocenters. The van der Waals surface area contributed by atoms with Gasteiger partial charge in [-0.2, -0.15) is 0 Å². The third kappa shape index (κ3) is 3.59. The van der Waals surface area contributed by atoms with Crippen molar-refractivity contribution in [2.75, 3.05) is 7.05 Å². The number of oxime groups is 1. The molecule has 1 N–H and O–H groups in total. The molecule has 2 bridgehead atoms. The Morgan fingerprint density at radius 2 is 1.86 bits per heavy atom. The minimum atomic E-state index is -0.106. The fraction of sp³-hybridized carbons (Fsp3) is 0.391. The number of benzene rings is 2. The Morgan fingerprint density at radius 1 is 1.14 bits per heavy atom. The van der Waals surface area contributed by atoms with Gasteiger partial charge in [-0.1, -0.05) is 59.2 Å². The number of nitrogens with zero attached hydrogens (tertiary/aromatic N) is 2. The third-order valence-electron chi connectivity index (χ3n) is 6.51. The van der Waals surface area contributed by atoms with Crippen LogP contribution in [0.2, 0.25) is 5.02 Å². The topological polar surface area (TPSA) is 52.9 Å². The van der Waals surface area contributed by atoms with Crippen molar-refractivity contribution >= 4 is 23.1 Å². The number of rotatable bonds is 5. The lowest BCUT2D eigenvalue weighted by Gasteiger charge is -2.42. The van der Waals surface area contributed by atoms with Crippen molar-refractivity contribution in [1.82, 2.24) is 4.90 Å². The molecule has 2 aromatic carbocycles. The van der Waals surface area contributed by atoms with E-state index >= 15 is 0 Å². The Bertz CT molecular complexity index is 866. The number of Topliss-reactive ketones (excluding diaryl/α,β-unsaturated/α-hetero) is 1. The summed E-state index contributed by atoms with van der Waals surface area (Å²) in [5.74, 6) is 0.216. The normalized spacial score (nSPS) is 27.7. The largest absolute Gasteiger partial charge is 0.411 e. The number of hydrogen-bond acceptors (Lipinski definition) is 4. The number of piperidine rings is 1. The van der Waals surface area contributed by atoms with Gasteiger partial charge < -0.3 is 5.21 Å². The number of ketones is 1. The highest BCUT2D eigenvalue weighted by Crippen LogP contribution is 2.47. The minimum Gasteiger partial charge on any atom is -0.411 e. The molecule has 0 amide bonds. The molecular weight excluding hydrogens is 372 g/mol. The van der Waals surface area contributed by atoms with Gasteiger partial charge in [-0.25, -0.2) is 0 Å². The van der Waals surface area contributed by atoms with Crippen molar-refractivity contribution in [2.24, 2.45) is 11.1 Å². The van der Waals surface area contributed by atoms with Crippen LogP contribution in [0.1, 0.15) is 42.7 Å². The molecule has 2 aliphatic rings. The number of carbonyl (C=O) groups excluding carboxylic acids is 1. The van der Waals surface area contributed by atoms with Crippen molar-refractivity contribution in [2.45, 2.75) is 43.7 Å². The molecule has 0 spiro atoms. The average Bonchev–Trinajstić information content (AvgIpc) is 2.95. The molecule has 4 rings (SSSR count). The lowest BCUT2D eigenvalue weighted by atomic mass is 9.73. The maximum absolute atomic E-state index is 13.5. The van der Waals surface area contributed by atoms with Crippen molar-refractivity contribution in [3.8, 4) is 0 Å². The van der Waals surface area contributed by atoms with E-state index in [1.54, 1.807) is 0 Å². The first-order valence-corrected chi connectivity index (χ1v) is 10.2. The first-order chi connectivity index (χ1) is 13.6. The zero-order chi connectivity index (χ0) is 19.7. The Hall–Kier alpha value is -2.17. The number of carbonyl (C=O) groups is 1. The molecule has 0 radical (unpaired) electrons. The molecule has 2 saturated heterocycles. The van der Waals surface area contributed by atoms with Crippen LogP contribution in [0.3, 0.4) is 0 Å². The van der Waals surface area contributed by atoms with E-state index in [1.807, 2.05) is 42.5 Å². The van der Waals surface area contributed by atoms with Crippen LogP contribution in [0.5, 0.6) is 0 Å². The molecule has 146 valence electrons. The van der Waals surface area contributed by atoms with Crippen LogP contribution in [0, 0.1) is 5.92 Å². The molecule has 2 aromatic rings. The summed E-state index contributed by atoms with van der Waals surface area (Å²) in [5.41, 5.74) is 2.40. The lowest BCUT2D eigenvalue weighted by Crippen LogP contribution is -2.49. The fourth-order valence-electron chi connectivity index (χ4n) is 5.07. The SMILES string of the molecule is CN1C2CC[C@@H]1CC(c1ccc(Cl)cc1)[C@@H]2C(=O)C/C(=N/O)c1ccccc1. The van der Waals surface area contributed by atoms with Crippen molar-refractivity contribution in [3.05, 3.63) is 70.7 Å². The minimum absolute atomic E-state index is 0.106. The van der Waals surface area contributed by atoms with Gasteiger partial charge >= 0.3 is 0 Å². The van der Waals surface area contributed by atoms with E-state index in [4.69, 9.17) is 11.6 Å². The molecule has 28 heavy (non-hydrogen) atoms. The maximum atomic E-state index is 13.5. The van der Waals surface area contributed by atoms with Crippen LogP contribution in [0.15, 0.2) is 59.8 Å². The highest BCUT2D eigenvalue weighted by molar-refractivity contribution is 6.30. The van der Waals surface area contributed by atoms with Crippen molar-refractivity contribution in [3.63, 3.8) is 0 Å². The molecule has 4 nitrogen and oxygen atoms in total. The van der Waals surface area contributed by atoms with E-state index in [-0.39, 0.29) is 30.1 Å². The standard InChI is InChI=1S/C23H25ClN2O2/c1-26-18-11-12-21(26)23(19(13-18)15-7-9-17(24)10-8-15)22(27)14-20(25-28)16-5-3-2-4-6-16/h2-10,18-19,21,23,28H,11-14H2,1H3/b25-20-/t18-,19?,21?,23+/m1/s1. The van der Waals surface area contributed by atoms with Gasteiger partial charge in [0.25, 0.3) is 0 Å². The first kappa shape index (κ1) is 19.2.